The first-order valence-corrected chi connectivity index (χ1v) is 12.8. The molecule has 0 radical (unpaired) electrons. The van der Waals surface area contributed by atoms with Crippen LogP contribution in [0.5, 0.6) is 0 Å². The third-order valence-electron chi connectivity index (χ3n) is 3.92. The van der Waals surface area contributed by atoms with Crippen LogP contribution in [0.3, 0.4) is 0 Å². The van der Waals surface area contributed by atoms with Crippen LogP contribution in [0.1, 0.15) is 72.6 Å². The maximum absolute atomic E-state index is 4.36. The molecule has 0 heterocycles. The first-order valence-electron chi connectivity index (χ1n) is 7.76. The molecule has 0 saturated carbocycles. The van der Waals surface area contributed by atoms with Crippen LogP contribution in [0.2, 0.25) is 0 Å². The van der Waals surface area contributed by atoms with Gasteiger partial charge in [-0.25, -0.2) is 0 Å². The van der Waals surface area contributed by atoms with Crippen LogP contribution >= 0.6 is 20.8 Å². The topological polar surface area (TPSA) is 0 Å². The summed E-state index contributed by atoms with van der Waals surface area (Å²) in [4.78, 5) is 0. The molecule has 106 valence electrons. The van der Waals surface area contributed by atoms with Gasteiger partial charge >= 0.3 is 118 Å². The van der Waals surface area contributed by atoms with E-state index in [1.54, 1.807) is 0 Å². The summed E-state index contributed by atoms with van der Waals surface area (Å²) in [5.74, 6) is 0. The molecule has 0 rings (SSSR count). The van der Waals surface area contributed by atoms with Gasteiger partial charge in [-0.1, -0.05) is 0 Å². The Morgan fingerprint density at radius 2 is 1.06 bits per heavy atom. The van der Waals surface area contributed by atoms with E-state index in [0.717, 1.165) is 0 Å². The zero-order chi connectivity index (χ0) is 13.2. The van der Waals surface area contributed by atoms with Crippen molar-refractivity contribution in [3.8, 4) is 0 Å². The van der Waals surface area contributed by atoms with Crippen LogP contribution in [0.15, 0.2) is 0 Å². The molecule has 0 bridgehead atoms. The molecule has 2 heteroatoms. The van der Waals surface area contributed by atoms with Gasteiger partial charge < -0.3 is 0 Å². The quantitative estimate of drug-likeness (QED) is 0.294. The molecule has 0 aromatic heterocycles. The minimum atomic E-state index is -1.51. The summed E-state index contributed by atoms with van der Waals surface area (Å²) in [5, 5.41) is -1.51. The van der Waals surface area contributed by atoms with Crippen molar-refractivity contribution in [2.24, 2.45) is 0 Å². The SMILES string of the molecule is CCCCCCP(Br)(CCC)(CCC)CCC. The Morgan fingerprint density at radius 1 is 0.588 bits per heavy atom. The van der Waals surface area contributed by atoms with E-state index in [0.29, 0.717) is 0 Å². The summed E-state index contributed by atoms with van der Waals surface area (Å²) in [6, 6.07) is 0. The van der Waals surface area contributed by atoms with Gasteiger partial charge in [-0.3, -0.25) is 0 Å². The van der Waals surface area contributed by atoms with Gasteiger partial charge in [-0.15, -0.1) is 0 Å². The molecule has 0 spiro atoms. The van der Waals surface area contributed by atoms with Gasteiger partial charge in [-0.2, -0.15) is 0 Å². The predicted octanol–water partition coefficient (Wildman–Crippen LogP) is 6.66. The van der Waals surface area contributed by atoms with Crippen LogP contribution in [-0.2, 0) is 0 Å². The van der Waals surface area contributed by atoms with E-state index in [9.17, 15) is 0 Å². The van der Waals surface area contributed by atoms with E-state index in [2.05, 4.69) is 43.2 Å². The Hall–Kier alpha value is 0.910. The van der Waals surface area contributed by atoms with Crippen molar-refractivity contribution in [2.75, 3.05) is 24.6 Å². The Labute approximate surface area is 118 Å². The van der Waals surface area contributed by atoms with Crippen LogP contribution in [-0.4, -0.2) is 24.6 Å². The van der Waals surface area contributed by atoms with Crippen LogP contribution in [0.25, 0.3) is 0 Å². The predicted molar refractivity (Wildman–Crippen MR) is 90.3 cm³/mol. The number of rotatable bonds is 11. The molecule has 0 atom stereocenters. The summed E-state index contributed by atoms with van der Waals surface area (Å²) in [5.41, 5.74) is 0. The van der Waals surface area contributed by atoms with E-state index in [-0.39, 0.29) is 0 Å². The standard InChI is InChI=1S/C15H34BrP/c1-5-9-10-11-15-17(16,12-6-2,13-7-3)14-8-4/h5-15H2,1-4H3. The van der Waals surface area contributed by atoms with Crippen molar-refractivity contribution < 1.29 is 0 Å². The number of unbranched alkanes of at least 4 members (excludes halogenated alkanes) is 3. The summed E-state index contributed by atoms with van der Waals surface area (Å²) in [6.07, 6.45) is 15.7. The molecule has 0 N–H and O–H groups in total. The van der Waals surface area contributed by atoms with Gasteiger partial charge in [0, 0.05) is 0 Å². The van der Waals surface area contributed by atoms with E-state index in [4.69, 9.17) is 0 Å². The maximum atomic E-state index is 4.36. The molecule has 0 aliphatic rings. The number of hydrogen-bond acceptors (Lipinski definition) is 0. The van der Waals surface area contributed by atoms with Gasteiger partial charge in [0.05, 0.1) is 0 Å². The van der Waals surface area contributed by atoms with E-state index < -0.39 is 5.31 Å². The van der Waals surface area contributed by atoms with Crippen molar-refractivity contribution in [2.45, 2.75) is 72.6 Å². The third-order valence-corrected chi connectivity index (χ3v) is 14.3. The zero-order valence-corrected chi connectivity index (χ0v) is 15.1. The second kappa shape index (κ2) is 8.92. The van der Waals surface area contributed by atoms with Crippen molar-refractivity contribution in [1.82, 2.24) is 0 Å². The normalized spacial score (nSPS) is 14.5. The molecule has 0 amide bonds. The van der Waals surface area contributed by atoms with Crippen molar-refractivity contribution in [3.63, 3.8) is 0 Å². The average molecular weight is 325 g/mol. The minimum absolute atomic E-state index is 1.35. The molecule has 0 nitrogen and oxygen atoms in total. The molecular weight excluding hydrogens is 291 g/mol. The number of hydrogen-bond donors (Lipinski definition) is 0. The monoisotopic (exact) mass is 324 g/mol. The Morgan fingerprint density at radius 3 is 1.41 bits per heavy atom. The van der Waals surface area contributed by atoms with E-state index in [1.165, 1.54) is 69.6 Å². The Balaban J connectivity index is 4.53. The molecule has 0 saturated heterocycles. The molecule has 0 aromatic carbocycles. The summed E-state index contributed by atoms with van der Waals surface area (Å²) in [6.45, 7) is 9.39. The average Bonchev–Trinajstić information content (AvgIpc) is 2.26. The molecule has 0 aliphatic heterocycles. The van der Waals surface area contributed by atoms with Crippen LogP contribution < -0.4 is 0 Å². The van der Waals surface area contributed by atoms with Crippen molar-refractivity contribution in [3.05, 3.63) is 0 Å². The first kappa shape index (κ1) is 17.9. The summed E-state index contributed by atoms with van der Waals surface area (Å²) >= 11 is 4.36. The fourth-order valence-electron chi connectivity index (χ4n) is 3.28. The summed E-state index contributed by atoms with van der Waals surface area (Å²) in [7, 11) is 0. The zero-order valence-electron chi connectivity index (χ0n) is 12.6. The molecule has 0 fully saturated rings. The van der Waals surface area contributed by atoms with Crippen molar-refractivity contribution in [1.29, 1.82) is 0 Å². The van der Waals surface area contributed by atoms with Crippen molar-refractivity contribution >= 4 is 20.8 Å². The second-order valence-electron chi connectivity index (χ2n) is 5.77. The molecule has 0 unspecified atom stereocenters. The van der Waals surface area contributed by atoms with Gasteiger partial charge in [0.1, 0.15) is 0 Å². The Bertz CT molecular complexity index is 172. The molecule has 17 heavy (non-hydrogen) atoms. The van der Waals surface area contributed by atoms with Gasteiger partial charge in [-0.05, 0) is 0 Å². The van der Waals surface area contributed by atoms with Gasteiger partial charge in [0.15, 0.2) is 0 Å². The fraction of sp³-hybridized carbons (Fsp3) is 1.00. The fourth-order valence-corrected chi connectivity index (χ4v) is 12.9. The molecule has 0 aliphatic carbocycles. The first-order chi connectivity index (χ1) is 8.04. The van der Waals surface area contributed by atoms with E-state index in [1.807, 2.05) is 0 Å². The molecular formula is C15H34BrP. The Kier molecular flexibility index (Phi) is 9.39. The number of halogens is 1. The summed E-state index contributed by atoms with van der Waals surface area (Å²) < 4.78 is 0. The van der Waals surface area contributed by atoms with Crippen LogP contribution in [0, 0.1) is 0 Å². The van der Waals surface area contributed by atoms with Crippen LogP contribution in [0.4, 0.5) is 0 Å². The second-order valence-corrected chi connectivity index (χ2v) is 17.2. The van der Waals surface area contributed by atoms with E-state index >= 15 is 0 Å². The van der Waals surface area contributed by atoms with Gasteiger partial charge in [0.2, 0.25) is 0 Å². The van der Waals surface area contributed by atoms with Gasteiger partial charge in [0.25, 0.3) is 0 Å². The third kappa shape index (κ3) is 6.58. The molecule has 0 aromatic rings.